The second-order valence-corrected chi connectivity index (χ2v) is 5.01. The van der Waals surface area contributed by atoms with Gasteiger partial charge in [0.05, 0.1) is 16.7 Å². The highest BCUT2D eigenvalue weighted by atomic mass is 35.5. The van der Waals surface area contributed by atoms with Gasteiger partial charge >= 0.3 is 0 Å². The van der Waals surface area contributed by atoms with Crippen LogP contribution in [0.15, 0.2) is 42.5 Å². The van der Waals surface area contributed by atoms with Crippen molar-refractivity contribution in [2.24, 2.45) is 0 Å². The standard InChI is InChI=1S/C16H13ClN2O3/c17-13-3-1-2-12(14(13)20)9-19-16(22)15(21)11-6-4-10(8-18)5-7-11/h1-7,15,20-21H,9H2,(H,19,22)/t15-/m1/s1. The predicted molar refractivity (Wildman–Crippen MR) is 81.1 cm³/mol. The van der Waals surface area contributed by atoms with Gasteiger partial charge in [-0.05, 0) is 23.8 Å². The number of hydrogen-bond acceptors (Lipinski definition) is 4. The largest absolute Gasteiger partial charge is 0.506 e. The third-order valence-electron chi connectivity index (χ3n) is 3.13. The lowest BCUT2D eigenvalue weighted by Gasteiger charge is -2.12. The van der Waals surface area contributed by atoms with E-state index >= 15 is 0 Å². The molecule has 112 valence electrons. The number of nitrogens with zero attached hydrogens (tertiary/aromatic N) is 1. The van der Waals surface area contributed by atoms with Crippen LogP contribution < -0.4 is 5.32 Å². The Morgan fingerprint density at radius 2 is 1.95 bits per heavy atom. The summed E-state index contributed by atoms with van der Waals surface area (Å²) in [5, 5.41) is 31.1. The highest BCUT2D eigenvalue weighted by Gasteiger charge is 2.17. The van der Waals surface area contributed by atoms with Crippen molar-refractivity contribution in [3.63, 3.8) is 0 Å². The Bertz CT molecular complexity index is 723. The molecule has 0 fully saturated rings. The van der Waals surface area contributed by atoms with Crippen molar-refractivity contribution in [1.29, 1.82) is 5.26 Å². The molecule has 3 N–H and O–H groups in total. The summed E-state index contributed by atoms with van der Waals surface area (Å²) < 4.78 is 0. The Hall–Kier alpha value is -2.55. The van der Waals surface area contributed by atoms with Crippen molar-refractivity contribution in [3.8, 4) is 11.8 Å². The number of carbonyl (C=O) groups is 1. The number of phenolic OH excluding ortho intramolecular Hbond substituents is 1. The average Bonchev–Trinajstić information content (AvgIpc) is 2.55. The minimum atomic E-state index is -1.35. The fourth-order valence-electron chi connectivity index (χ4n) is 1.87. The van der Waals surface area contributed by atoms with E-state index in [1.165, 1.54) is 30.3 Å². The number of nitriles is 1. The van der Waals surface area contributed by atoms with Crippen LogP contribution in [-0.4, -0.2) is 16.1 Å². The first-order valence-electron chi connectivity index (χ1n) is 6.45. The molecule has 0 aliphatic carbocycles. The smallest absolute Gasteiger partial charge is 0.253 e. The molecule has 0 bridgehead atoms. The maximum atomic E-state index is 11.9. The Labute approximate surface area is 132 Å². The summed E-state index contributed by atoms with van der Waals surface area (Å²) in [5.41, 5.74) is 1.28. The lowest BCUT2D eigenvalue weighted by molar-refractivity contribution is -0.129. The van der Waals surface area contributed by atoms with Crippen molar-refractivity contribution in [2.45, 2.75) is 12.6 Å². The fourth-order valence-corrected chi connectivity index (χ4v) is 2.07. The minimum Gasteiger partial charge on any atom is -0.506 e. The molecule has 1 amide bonds. The second kappa shape index (κ2) is 6.94. The van der Waals surface area contributed by atoms with Crippen LogP contribution in [-0.2, 0) is 11.3 Å². The molecular formula is C16H13ClN2O3. The molecular weight excluding hydrogens is 304 g/mol. The fraction of sp³-hybridized carbons (Fsp3) is 0.125. The highest BCUT2D eigenvalue weighted by molar-refractivity contribution is 6.32. The van der Waals surface area contributed by atoms with E-state index in [2.05, 4.69) is 5.32 Å². The van der Waals surface area contributed by atoms with Gasteiger partial charge in [0.25, 0.3) is 5.91 Å². The molecule has 0 spiro atoms. The zero-order valence-corrected chi connectivity index (χ0v) is 12.2. The van der Waals surface area contributed by atoms with E-state index in [9.17, 15) is 15.0 Å². The predicted octanol–water partition coefficient (Wildman–Crippen LogP) is 2.27. The lowest BCUT2D eigenvalue weighted by Crippen LogP contribution is -2.28. The van der Waals surface area contributed by atoms with Crippen LogP contribution in [0, 0.1) is 11.3 Å². The number of phenols is 1. The molecule has 2 aromatic rings. The van der Waals surface area contributed by atoms with Crippen molar-refractivity contribution in [3.05, 3.63) is 64.2 Å². The van der Waals surface area contributed by atoms with Crippen LogP contribution >= 0.6 is 11.6 Å². The monoisotopic (exact) mass is 316 g/mol. The van der Waals surface area contributed by atoms with Gasteiger partial charge in [-0.3, -0.25) is 4.79 Å². The average molecular weight is 317 g/mol. The number of rotatable bonds is 4. The molecule has 0 aliphatic heterocycles. The Balaban J connectivity index is 2.02. The molecule has 5 nitrogen and oxygen atoms in total. The second-order valence-electron chi connectivity index (χ2n) is 4.60. The van der Waals surface area contributed by atoms with Gasteiger partial charge in [0.2, 0.25) is 0 Å². The molecule has 2 rings (SSSR count). The summed E-state index contributed by atoms with van der Waals surface area (Å²) in [7, 11) is 0. The van der Waals surface area contributed by atoms with Crippen LogP contribution in [0.5, 0.6) is 5.75 Å². The first-order valence-corrected chi connectivity index (χ1v) is 6.83. The third kappa shape index (κ3) is 3.55. The number of nitrogens with one attached hydrogen (secondary N) is 1. The molecule has 22 heavy (non-hydrogen) atoms. The number of halogens is 1. The number of aromatic hydroxyl groups is 1. The van der Waals surface area contributed by atoms with E-state index in [1.807, 2.05) is 6.07 Å². The zero-order chi connectivity index (χ0) is 16.1. The molecule has 2 aromatic carbocycles. The number of benzene rings is 2. The van der Waals surface area contributed by atoms with Crippen LogP contribution in [0.4, 0.5) is 0 Å². The third-order valence-corrected chi connectivity index (χ3v) is 3.43. The minimum absolute atomic E-state index is 0.0402. The summed E-state index contributed by atoms with van der Waals surface area (Å²) in [5.74, 6) is -0.707. The van der Waals surface area contributed by atoms with E-state index in [-0.39, 0.29) is 17.3 Å². The maximum Gasteiger partial charge on any atom is 0.253 e. The summed E-state index contributed by atoms with van der Waals surface area (Å²) in [6.07, 6.45) is -1.35. The van der Waals surface area contributed by atoms with Gasteiger partial charge in [-0.1, -0.05) is 35.9 Å². The van der Waals surface area contributed by atoms with E-state index in [0.717, 1.165) is 0 Å². The van der Waals surface area contributed by atoms with Crippen LogP contribution in [0.25, 0.3) is 0 Å². The molecule has 0 saturated carbocycles. The summed E-state index contributed by atoms with van der Waals surface area (Å²) >= 11 is 5.78. The molecule has 0 saturated heterocycles. The zero-order valence-electron chi connectivity index (χ0n) is 11.5. The summed E-state index contributed by atoms with van der Waals surface area (Å²) in [6.45, 7) is 0.0402. The topological polar surface area (TPSA) is 93.3 Å². The van der Waals surface area contributed by atoms with Crippen molar-refractivity contribution in [1.82, 2.24) is 5.32 Å². The lowest BCUT2D eigenvalue weighted by atomic mass is 10.1. The quantitative estimate of drug-likeness (QED) is 0.806. The maximum absolute atomic E-state index is 11.9. The number of hydrogen-bond donors (Lipinski definition) is 3. The number of carbonyl (C=O) groups excluding carboxylic acids is 1. The molecule has 6 heteroatoms. The number of amides is 1. The van der Waals surface area contributed by atoms with Gasteiger partial charge in [-0.15, -0.1) is 0 Å². The van der Waals surface area contributed by atoms with Gasteiger partial charge in [0.15, 0.2) is 6.10 Å². The van der Waals surface area contributed by atoms with E-state index in [4.69, 9.17) is 16.9 Å². The summed E-state index contributed by atoms with van der Waals surface area (Å²) in [4.78, 5) is 11.9. The van der Waals surface area contributed by atoms with Gasteiger partial charge in [0, 0.05) is 12.1 Å². The Morgan fingerprint density at radius 1 is 1.27 bits per heavy atom. The first kappa shape index (κ1) is 15.8. The van der Waals surface area contributed by atoms with Crippen LogP contribution in [0.2, 0.25) is 5.02 Å². The van der Waals surface area contributed by atoms with E-state index < -0.39 is 12.0 Å². The van der Waals surface area contributed by atoms with Crippen LogP contribution in [0.1, 0.15) is 22.8 Å². The highest BCUT2D eigenvalue weighted by Crippen LogP contribution is 2.26. The SMILES string of the molecule is N#Cc1ccc([C@@H](O)C(=O)NCc2cccc(Cl)c2O)cc1. The molecule has 0 aliphatic rings. The molecule has 0 unspecified atom stereocenters. The normalized spacial score (nSPS) is 11.5. The van der Waals surface area contributed by atoms with Crippen molar-refractivity contribution < 1.29 is 15.0 Å². The molecule has 0 aromatic heterocycles. The number of para-hydroxylation sites is 1. The van der Waals surface area contributed by atoms with E-state index in [0.29, 0.717) is 16.7 Å². The Morgan fingerprint density at radius 3 is 2.59 bits per heavy atom. The van der Waals surface area contributed by atoms with Gasteiger partial charge in [-0.2, -0.15) is 5.26 Å². The molecule has 0 heterocycles. The van der Waals surface area contributed by atoms with Crippen molar-refractivity contribution in [2.75, 3.05) is 0 Å². The van der Waals surface area contributed by atoms with Gasteiger partial charge in [-0.25, -0.2) is 0 Å². The van der Waals surface area contributed by atoms with Gasteiger partial charge in [0.1, 0.15) is 5.75 Å². The van der Waals surface area contributed by atoms with Crippen molar-refractivity contribution >= 4 is 17.5 Å². The summed E-state index contributed by atoms with van der Waals surface area (Å²) in [6, 6.07) is 12.8. The van der Waals surface area contributed by atoms with E-state index in [1.54, 1.807) is 12.1 Å². The molecule has 1 atom stereocenters. The van der Waals surface area contributed by atoms with Gasteiger partial charge < -0.3 is 15.5 Å². The van der Waals surface area contributed by atoms with Crippen LogP contribution in [0.3, 0.4) is 0 Å². The first-order chi connectivity index (χ1) is 10.5. The number of aliphatic hydroxyl groups is 1. The number of aliphatic hydroxyl groups excluding tert-OH is 1. The Kier molecular flexibility index (Phi) is 4.99. The molecule has 0 radical (unpaired) electrons.